The van der Waals surface area contributed by atoms with Gasteiger partial charge >= 0.3 is 0 Å². The van der Waals surface area contributed by atoms with Gasteiger partial charge in [-0.2, -0.15) is 0 Å². The molecule has 1 aromatic rings. The van der Waals surface area contributed by atoms with Crippen LogP contribution in [0.4, 0.5) is 0 Å². The summed E-state index contributed by atoms with van der Waals surface area (Å²) in [6, 6.07) is 0.634. The summed E-state index contributed by atoms with van der Waals surface area (Å²) in [6.45, 7) is 3.25. The molecule has 0 amide bonds. The van der Waals surface area contributed by atoms with Gasteiger partial charge in [-0.3, -0.25) is 4.98 Å². The predicted octanol–water partition coefficient (Wildman–Crippen LogP) is 2.88. The van der Waals surface area contributed by atoms with Crippen LogP contribution in [0.15, 0.2) is 23.6 Å². The van der Waals surface area contributed by atoms with Gasteiger partial charge in [0.15, 0.2) is 0 Å². The first-order chi connectivity index (χ1) is 8.40. The molecule has 0 aliphatic heterocycles. The van der Waals surface area contributed by atoms with E-state index >= 15 is 0 Å². The molecule has 3 nitrogen and oxygen atoms in total. The van der Waals surface area contributed by atoms with Gasteiger partial charge in [-0.1, -0.05) is 37.9 Å². The molecule has 1 N–H and O–H groups in total. The van der Waals surface area contributed by atoms with Crippen LogP contribution in [0.1, 0.15) is 39.0 Å². The molecule has 2 unspecified atom stereocenters. The zero-order valence-corrected chi connectivity index (χ0v) is 11.2. The summed E-state index contributed by atoms with van der Waals surface area (Å²) in [5, 5.41) is 5.33. The lowest BCUT2D eigenvalue weighted by molar-refractivity contribution is 0.482. The number of hydrogen-bond donors (Lipinski definition) is 1. The van der Waals surface area contributed by atoms with Gasteiger partial charge in [-0.15, -0.1) is 0 Å². The molecule has 2 rings (SSSR count). The maximum absolute atomic E-state index is 4.37. The zero-order chi connectivity index (χ0) is 11.9. The molecule has 1 saturated carbocycles. The fraction of sp³-hybridized carbons (Fsp3) is 0.692. The number of hydrogen-bond acceptors (Lipinski definition) is 4. The van der Waals surface area contributed by atoms with E-state index in [9.17, 15) is 0 Å². The van der Waals surface area contributed by atoms with Crippen LogP contribution in [-0.4, -0.2) is 27.8 Å². The Balaban J connectivity index is 1.99. The minimum Gasteiger partial charge on any atom is -0.313 e. The molecule has 0 aromatic carbocycles. The second kappa shape index (κ2) is 6.97. The quantitative estimate of drug-likeness (QED) is 0.835. The summed E-state index contributed by atoms with van der Waals surface area (Å²) in [4.78, 5) is 8.51. The summed E-state index contributed by atoms with van der Waals surface area (Å²) in [7, 11) is 0. The molecule has 94 valence electrons. The van der Waals surface area contributed by atoms with Crippen molar-refractivity contribution in [2.45, 2.75) is 55.3 Å². The Morgan fingerprint density at radius 3 is 2.94 bits per heavy atom. The van der Waals surface area contributed by atoms with Crippen molar-refractivity contribution < 1.29 is 0 Å². The van der Waals surface area contributed by atoms with Gasteiger partial charge in [0.25, 0.3) is 0 Å². The van der Waals surface area contributed by atoms with E-state index in [0.717, 1.165) is 11.6 Å². The molecule has 0 saturated heterocycles. The number of thioether (sulfide) groups is 1. The van der Waals surface area contributed by atoms with E-state index in [4.69, 9.17) is 0 Å². The van der Waals surface area contributed by atoms with Crippen molar-refractivity contribution in [3.8, 4) is 0 Å². The summed E-state index contributed by atoms with van der Waals surface area (Å²) < 4.78 is 0. The van der Waals surface area contributed by atoms with Crippen LogP contribution in [0, 0.1) is 0 Å². The SMILES string of the molecule is CCNC1CCCCCC1Sc1cnccn1. The molecule has 0 bridgehead atoms. The van der Waals surface area contributed by atoms with Gasteiger partial charge in [-0.25, -0.2) is 4.98 Å². The van der Waals surface area contributed by atoms with Crippen LogP contribution in [-0.2, 0) is 0 Å². The fourth-order valence-corrected chi connectivity index (χ4v) is 3.65. The molecule has 2 atom stereocenters. The van der Waals surface area contributed by atoms with Gasteiger partial charge in [0.2, 0.25) is 0 Å². The van der Waals surface area contributed by atoms with E-state index < -0.39 is 0 Å². The molecule has 1 aliphatic rings. The second-order valence-corrected chi connectivity index (χ2v) is 5.76. The van der Waals surface area contributed by atoms with Gasteiger partial charge in [-0.05, 0) is 19.4 Å². The second-order valence-electron chi connectivity index (χ2n) is 4.50. The van der Waals surface area contributed by atoms with Gasteiger partial charge in [0.1, 0.15) is 5.03 Å². The predicted molar refractivity (Wildman–Crippen MR) is 72.2 cm³/mol. The van der Waals surface area contributed by atoms with E-state index in [1.54, 1.807) is 12.4 Å². The third-order valence-electron chi connectivity index (χ3n) is 3.23. The summed E-state index contributed by atoms with van der Waals surface area (Å²) in [5.74, 6) is 0. The van der Waals surface area contributed by atoms with Crippen molar-refractivity contribution in [2.24, 2.45) is 0 Å². The van der Waals surface area contributed by atoms with Crippen molar-refractivity contribution in [2.75, 3.05) is 6.54 Å². The lowest BCUT2D eigenvalue weighted by Crippen LogP contribution is -2.37. The fourth-order valence-electron chi connectivity index (χ4n) is 2.41. The molecular weight excluding hydrogens is 230 g/mol. The van der Waals surface area contributed by atoms with Crippen LogP contribution in [0.2, 0.25) is 0 Å². The Morgan fingerprint density at radius 2 is 2.18 bits per heavy atom. The maximum Gasteiger partial charge on any atom is 0.115 e. The molecule has 0 spiro atoms. The lowest BCUT2D eigenvalue weighted by atomic mass is 10.1. The summed E-state index contributed by atoms with van der Waals surface area (Å²) >= 11 is 1.89. The zero-order valence-electron chi connectivity index (χ0n) is 10.4. The Kier molecular flexibility index (Phi) is 5.26. The molecule has 4 heteroatoms. The van der Waals surface area contributed by atoms with Crippen LogP contribution in [0.25, 0.3) is 0 Å². The molecule has 1 heterocycles. The van der Waals surface area contributed by atoms with Gasteiger partial charge in [0, 0.05) is 23.7 Å². The van der Waals surface area contributed by atoms with Crippen molar-refractivity contribution >= 4 is 11.8 Å². The maximum atomic E-state index is 4.37. The Hall–Kier alpha value is -0.610. The number of nitrogens with one attached hydrogen (secondary N) is 1. The van der Waals surface area contributed by atoms with Crippen molar-refractivity contribution in [1.29, 1.82) is 0 Å². The molecule has 1 aliphatic carbocycles. The molecule has 1 fully saturated rings. The highest BCUT2D eigenvalue weighted by molar-refractivity contribution is 7.99. The van der Waals surface area contributed by atoms with Crippen LogP contribution < -0.4 is 5.32 Å². The lowest BCUT2D eigenvalue weighted by Gasteiger charge is -2.24. The normalized spacial score (nSPS) is 25.5. The van der Waals surface area contributed by atoms with E-state index in [-0.39, 0.29) is 0 Å². The minimum absolute atomic E-state index is 0.634. The molecule has 0 radical (unpaired) electrons. The molecule has 1 aromatic heterocycles. The first kappa shape index (κ1) is 12.8. The average molecular weight is 251 g/mol. The summed E-state index contributed by atoms with van der Waals surface area (Å²) in [6.07, 6.45) is 12.1. The Bertz CT molecular complexity index is 318. The molecule has 17 heavy (non-hydrogen) atoms. The van der Waals surface area contributed by atoms with Crippen LogP contribution in [0.3, 0.4) is 0 Å². The highest BCUT2D eigenvalue weighted by Gasteiger charge is 2.24. The van der Waals surface area contributed by atoms with Crippen LogP contribution >= 0.6 is 11.8 Å². The average Bonchev–Trinajstić information content (AvgIpc) is 2.57. The van der Waals surface area contributed by atoms with Crippen molar-refractivity contribution in [3.63, 3.8) is 0 Å². The Morgan fingerprint density at radius 1 is 1.29 bits per heavy atom. The van der Waals surface area contributed by atoms with Gasteiger partial charge in [0.05, 0.1) is 6.20 Å². The van der Waals surface area contributed by atoms with Crippen molar-refractivity contribution in [1.82, 2.24) is 15.3 Å². The minimum atomic E-state index is 0.634. The third-order valence-corrected chi connectivity index (χ3v) is 4.55. The topological polar surface area (TPSA) is 37.8 Å². The van der Waals surface area contributed by atoms with E-state index in [0.29, 0.717) is 11.3 Å². The van der Waals surface area contributed by atoms with E-state index in [1.165, 1.54) is 32.1 Å². The van der Waals surface area contributed by atoms with Gasteiger partial charge < -0.3 is 5.32 Å². The largest absolute Gasteiger partial charge is 0.313 e. The van der Waals surface area contributed by atoms with E-state index in [2.05, 4.69) is 22.2 Å². The highest BCUT2D eigenvalue weighted by atomic mass is 32.2. The van der Waals surface area contributed by atoms with Crippen LogP contribution in [0.5, 0.6) is 0 Å². The standard InChI is InChI=1S/C13H21N3S/c1-2-15-11-6-4-3-5-7-12(11)17-13-10-14-8-9-16-13/h8-12,15H,2-7H2,1H3. The van der Waals surface area contributed by atoms with E-state index in [1.807, 2.05) is 18.0 Å². The first-order valence-electron chi connectivity index (χ1n) is 6.56. The van der Waals surface area contributed by atoms with Crippen molar-refractivity contribution in [3.05, 3.63) is 18.6 Å². The smallest absolute Gasteiger partial charge is 0.115 e. The third kappa shape index (κ3) is 3.96. The summed E-state index contributed by atoms with van der Waals surface area (Å²) in [5.41, 5.74) is 0. The number of rotatable bonds is 4. The first-order valence-corrected chi connectivity index (χ1v) is 7.44. The number of nitrogens with zero attached hydrogens (tertiary/aromatic N) is 2. The highest BCUT2D eigenvalue weighted by Crippen LogP contribution is 2.31. The Labute approximate surface area is 108 Å². The number of aromatic nitrogens is 2. The monoisotopic (exact) mass is 251 g/mol. The molecular formula is C13H21N3S.